The van der Waals surface area contributed by atoms with E-state index in [1.807, 2.05) is 0 Å². The van der Waals surface area contributed by atoms with Gasteiger partial charge in [0, 0.05) is 12.1 Å². The van der Waals surface area contributed by atoms with E-state index < -0.39 is 0 Å². The van der Waals surface area contributed by atoms with E-state index in [1.165, 1.54) is 6.07 Å². The second-order valence-electron chi connectivity index (χ2n) is 2.57. The minimum Gasteiger partial charge on any atom is -0.507 e. The van der Waals surface area contributed by atoms with E-state index in [9.17, 15) is 9.90 Å². The van der Waals surface area contributed by atoms with Gasteiger partial charge in [-0.05, 0) is 34.1 Å². The highest BCUT2D eigenvalue weighted by atomic mass is 79.9. The van der Waals surface area contributed by atoms with Gasteiger partial charge in [0.15, 0.2) is 0 Å². The van der Waals surface area contributed by atoms with Gasteiger partial charge in [-0.3, -0.25) is 4.79 Å². The molecule has 0 saturated carbocycles. The maximum Gasteiger partial charge on any atom is 0.224 e. The molecule has 1 rings (SSSR count). The predicted octanol–water partition coefficient (Wildman–Crippen LogP) is 2.50. The van der Waals surface area contributed by atoms with Crippen LogP contribution in [0.2, 0.25) is 0 Å². The molecule has 0 atom stereocenters. The van der Waals surface area contributed by atoms with Crippen LogP contribution in [0, 0.1) is 0 Å². The number of rotatable bonds is 2. The molecule has 0 aliphatic rings. The Morgan fingerprint density at radius 2 is 2.31 bits per heavy atom. The number of hydrogen-bond acceptors (Lipinski definition) is 2. The van der Waals surface area contributed by atoms with E-state index in [0.717, 1.165) is 0 Å². The lowest BCUT2D eigenvalue weighted by Crippen LogP contribution is -2.09. The molecule has 2 N–H and O–H groups in total. The van der Waals surface area contributed by atoms with Crippen molar-refractivity contribution in [1.29, 1.82) is 0 Å². The fourth-order valence-corrected chi connectivity index (χ4v) is 1.21. The second-order valence-corrected chi connectivity index (χ2v) is 3.42. The Hall–Kier alpha value is -1.03. The summed E-state index contributed by atoms with van der Waals surface area (Å²) in [5.41, 5.74) is 0.677. The largest absolute Gasteiger partial charge is 0.507 e. The average molecular weight is 244 g/mol. The number of halogens is 1. The van der Waals surface area contributed by atoms with Crippen molar-refractivity contribution < 1.29 is 9.90 Å². The van der Waals surface area contributed by atoms with E-state index in [4.69, 9.17) is 0 Å². The van der Waals surface area contributed by atoms with E-state index in [2.05, 4.69) is 21.2 Å². The van der Waals surface area contributed by atoms with Crippen LogP contribution in [0.25, 0.3) is 0 Å². The molecule has 1 aromatic rings. The maximum absolute atomic E-state index is 11.0. The van der Waals surface area contributed by atoms with Gasteiger partial charge in [0.2, 0.25) is 5.91 Å². The van der Waals surface area contributed by atoms with Crippen molar-refractivity contribution in [3.8, 4) is 5.75 Å². The number of amides is 1. The summed E-state index contributed by atoms with van der Waals surface area (Å²) in [6.45, 7) is 1.78. The lowest BCUT2D eigenvalue weighted by molar-refractivity contribution is -0.115. The number of nitrogens with one attached hydrogen (secondary N) is 1. The molecule has 13 heavy (non-hydrogen) atoms. The van der Waals surface area contributed by atoms with Crippen LogP contribution in [-0.4, -0.2) is 11.0 Å². The summed E-state index contributed by atoms with van der Waals surface area (Å²) in [6, 6.07) is 4.83. The van der Waals surface area contributed by atoms with Crippen molar-refractivity contribution in [1.82, 2.24) is 0 Å². The molecule has 1 amide bonds. The minimum atomic E-state index is -0.0439. The number of benzene rings is 1. The SMILES string of the molecule is CCC(=O)Nc1ccc(O)c(Br)c1. The minimum absolute atomic E-state index is 0.0439. The van der Waals surface area contributed by atoms with Crippen LogP contribution in [0.5, 0.6) is 5.75 Å². The van der Waals surface area contributed by atoms with E-state index >= 15 is 0 Å². The molecule has 0 unspecified atom stereocenters. The Balaban J connectivity index is 2.79. The van der Waals surface area contributed by atoms with Crippen LogP contribution in [0.3, 0.4) is 0 Å². The quantitative estimate of drug-likeness (QED) is 0.785. The normalized spacial score (nSPS) is 9.69. The Bertz CT molecular complexity index is 325. The number of aromatic hydroxyl groups is 1. The van der Waals surface area contributed by atoms with Crippen molar-refractivity contribution in [2.75, 3.05) is 5.32 Å². The first-order chi connectivity index (χ1) is 6.13. The highest BCUT2D eigenvalue weighted by molar-refractivity contribution is 9.10. The highest BCUT2D eigenvalue weighted by Gasteiger charge is 2.01. The van der Waals surface area contributed by atoms with Crippen molar-refractivity contribution >= 4 is 27.5 Å². The molecule has 0 aliphatic heterocycles. The average Bonchev–Trinajstić information content (AvgIpc) is 2.11. The van der Waals surface area contributed by atoms with Crippen LogP contribution in [0.4, 0.5) is 5.69 Å². The molecule has 1 aromatic carbocycles. The highest BCUT2D eigenvalue weighted by Crippen LogP contribution is 2.26. The summed E-state index contributed by atoms with van der Waals surface area (Å²) in [7, 11) is 0. The lowest BCUT2D eigenvalue weighted by Gasteiger charge is -2.04. The third-order valence-electron chi connectivity index (χ3n) is 1.55. The van der Waals surface area contributed by atoms with Gasteiger partial charge in [0.1, 0.15) is 5.75 Å². The molecule has 3 nitrogen and oxygen atoms in total. The number of phenols is 1. The smallest absolute Gasteiger partial charge is 0.224 e. The van der Waals surface area contributed by atoms with Gasteiger partial charge in [-0.15, -0.1) is 0 Å². The van der Waals surface area contributed by atoms with Crippen LogP contribution in [0.1, 0.15) is 13.3 Å². The van der Waals surface area contributed by atoms with Crippen molar-refractivity contribution in [2.45, 2.75) is 13.3 Å². The third-order valence-corrected chi connectivity index (χ3v) is 2.19. The molecule has 4 heteroatoms. The summed E-state index contributed by atoms with van der Waals surface area (Å²) in [4.78, 5) is 11.0. The molecule has 70 valence electrons. The molecule has 0 heterocycles. The molecule has 0 aliphatic carbocycles. The monoisotopic (exact) mass is 243 g/mol. The zero-order valence-corrected chi connectivity index (χ0v) is 8.76. The van der Waals surface area contributed by atoms with Crippen molar-refractivity contribution in [3.63, 3.8) is 0 Å². The predicted molar refractivity (Wildman–Crippen MR) is 54.7 cm³/mol. The third kappa shape index (κ3) is 2.73. The second kappa shape index (κ2) is 4.28. The number of hydrogen-bond donors (Lipinski definition) is 2. The van der Waals surface area contributed by atoms with Gasteiger partial charge in [-0.2, -0.15) is 0 Å². The summed E-state index contributed by atoms with van der Waals surface area (Å²) in [5.74, 6) is 0.118. The van der Waals surface area contributed by atoms with Crippen LogP contribution in [0.15, 0.2) is 22.7 Å². The summed E-state index contributed by atoms with van der Waals surface area (Å²) >= 11 is 3.16. The van der Waals surface area contributed by atoms with Gasteiger partial charge < -0.3 is 10.4 Å². The summed E-state index contributed by atoms with van der Waals surface area (Å²) in [6.07, 6.45) is 0.443. The van der Waals surface area contributed by atoms with Crippen molar-refractivity contribution in [2.24, 2.45) is 0 Å². The standard InChI is InChI=1S/C9H10BrNO2/c1-2-9(13)11-6-3-4-8(12)7(10)5-6/h3-5,12H,2H2,1H3,(H,11,13). The molecule has 0 spiro atoms. The molecular formula is C9H10BrNO2. The number of carbonyl (C=O) groups is 1. The summed E-state index contributed by atoms with van der Waals surface area (Å²) < 4.78 is 0.571. The number of carbonyl (C=O) groups excluding carboxylic acids is 1. The molecule has 0 fully saturated rings. The van der Waals surface area contributed by atoms with Gasteiger partial charge in [0.05, 0.1) is 4.47 Å². The topological polar surface area (TPSA) is 49.3 Å². The Kier molecular flexibility index (Phi) is 3.31. The molecule has 0 aromatic heterocycles. The molecule has 0 radical (unpaired) electrons. The first-order valence-electron chi connectivity index (χ1n) is 3.92. The van der Waals surface area contributed by atoms with Crippen LogP contribution >= 0.6 is 15.9 Å². The van der Waals surface area contributed by atoms with Gasteiger partial charge in [-0.1, -0.05) is 6.92 Å². The number of phenolic OH excluding ortho intramolecular Hbond substituents is 1. The lowest BCUT2D eigenvalue weighted by atomic mass is 10.3. The number of anilines is 1. The van der Waals surface area contributed by atoms with E-state index in [1.54, 1.807) is 19.1 Å². The Morgan fingerprint density at radius 1 is 1.62 bits per heavy atom. The molecule has 0 saturated heterocycles. The fraction of sp³-hybridized carbons (Fsp3) is 0.222. The Labute approximate surface area is 84.9 Å². The first-order valence-corrected chi connectivity index (χ1v) is 4.71. The molecular weight excluding hydrogens is 234 g/mol. The maximum atomic E-state index is 11.0. The summed E-state index contributed by atoms with van der Waals surface area (Å²) in [5, 5.41) is 11.9. The van der Waals surface area contributed by atoms with E-state index in [-0.39, 0.29) is 11.7 Å². The van der Waals surface area contributed by atoms with E-state index in [0.29, 0.717) is 16.6 Å². The zero-order valence-electron chi connectivity index (χ0n) is 7.17. The zero-order chi connectivity index (χ0) is 9.84. The van der Waals surface area contributed by atoms with Crippen LogP contribution in [-0.2, 0) is 4.79 Å². The van der Waals surface area contributed by atoms with Gasteiger partial charge in [-0.25, -0.2) is 0 Å². The fourth-order valence-electron chi connectivity index (χ4n) is 0.834. The van der Waals surface area contributed by atoms with Crippen LogP contribution < -0.4 is 5.32 Å². The molecule has 0 bridgehead atoms. The van der Waals surface area contributed by atoms with Crippen molar-refractivity contribution in [3.05, 3.63) is 22.7 Å². The Morgan fingerprint density at radius 3 is 2.85 bits per heavy atom. The first kappa shape index (κ1) is 10.1. The van der Waals surface area contributed by atoms with Gasteiger partial charge >= 0.3 is 0 Å². The van der Waals surface area contributed by atoms with Gasteiger partial charge in [0.25, 0.3) is 0 Å².